The van der Waals surface area contributed by atoms with Crippen LogP contribution >= 0.6 is 0 Å². The first-order chi connectivity index (χ1) is 14.8. The zero-order valence-corrected chi connectivity index (χ0v) is 18.5. The normalized spacial score (nSPS) is 21.3. The summed E-state index contributed by atoms with van der Waals surface area (Å²) in [6.07, 6.45) is 13.4. The summed E-state index contributed by atoms with van der Waals surface area (Å²) in [5.41, 5.74) is 2.22. The van der Waals surface area contributed by atoms with Gasteiger partial charge in [0.25, 0.3) is 0 Å². The zero-order chi connectivity index (χ0) is 20.6. The van der Waals surface area contributed by atoms with Gasteiger partial charge in [-0.2, -0.15) is 0 Å². The molecule has 2 heterocycles. The number of ether oxygens (including phenoxy) is 1. The summed E-state index contributed by atoms with van der Waals surface area (Å²) >= 11 is 0. The third kappa shape index (κ3) is 5.98. The van der Waals surface area contributed by atoms with Gasteiger partial charge in [0, 0.05) is 43.3 Å². The molecule has 5 nitrogen and oxygen atoms in total. The lowest BCUT2D eigenvalue weighted by molar-refractivity contribution is -0.117. The molecule has 0 aromatic heterocycles. The summed E-state index contributed by atoms with van der Waals surface area (Å²) < 4.78 is 6.24. The molecule has 0 atom stereocenters. The van der Waals surface area contributed by atoms with Crippen molar-refractivity contribution in [3.63, 3.8) is 0 Å². The molecule has 1 aromatic carbocycles. The topological polar surface area (TPSA) is 44.8 Å². The Hall–Kier alpha value is -1.59. The van der Waals surface area contributed by atoms with Crippen molar-refractivity contribution in [3.05, 3.63) is 23.8 Å². The Morgan fingerprint density at radius 3 is 2.53 bits per heavy atom. The maximum absolute atomic E-state index is 12.2. The fourth-order valence-electron chi connectivity index (χ4n) is 5.15. The molecule has 1 aliphatic carbocycles. The van der Waals surface area contributed by atoms with Gasteiger partial charge in [-0.05, 0) is 69.8 Å². The van der Waals surface area contributed by atoms with Gasteiger partial charge in [0.1, 0.15) is 5.75 Å². The number of anilines is 1. The zero-order valence-electron chi connectivity index (χ0n) is 18.5. The molecule has 30 heavy (non-hydrogen) atoms. The summed E-state index contributed by atoms with van der Waals surface area (Å²) in [4.78, 5) is 16.7. The number of nitrogens with zero attached hydrogens (tertiary/aromatic N) is 2. The van der Waals surface area contributed by atoms with Gasteiger partial charge >= 0.3 is 0 Å². The smallest absolute Gasteiger partial charge is 0.227 e. The number of nitrogens with one attached hydrogen (secondary N) is 1. The van der Waals surface area contributed by atoms with Gasteiger partial charge in [-0.25, -0.2) is 0 Å². The van der Waals surface area contributed by atoms with Crippen LogP contribution in [0.1, 0.15) is 76.2 Å². The lowest BCUT2D eigenvalue weighted by Crippen LogP contribution is -2.31. The first-order valence-corrected chi connectivity index (χ1v) is 12.3. The van der Waals surface area contributed by atoms with Gasteiger partial charge in [-0.15, -0.1) is 0 Å². The van der Waals surface area contributed by atoms with Crippen molar-refractivity contribution in [3.8, 4) is 5.75 Å². The predicted octanol–water partition coefficient (Wildman–Crippen LogP) is 4.49. The number of benzene rings is 1. The standard InChI is InChI=1S/C25H39N3O2/c29-25-11-7-17-28(25)23-12-13-24(30-18-8-16-27-14-5-2-6-15-27)21(19-23)20-26-22-9-3-1-4-10-22/h12-13,19,22,26H,1-11,14-18,20H2. The molecule has 3 aliphatic rings. The Kier molecular flexibility index (Phi) is 8.04. The average molecular weight is 414 g/mol. The number of hydrogen-bond acceptors (Lipinski definition) is 4. The van der Waals surface area contributed by atoms with Gasteiger partial charge in [-0.3, -0.25) is 4.79 Å². The van der Waals surface area contributed by atoms with Crippen molar-refractivity contribution in [1.82, 2.24) is 10.2 Å². The molecule has 4 rings (SSSR count). The van der Waals surface area contributed by atoms with Gasteiger partial charge in [0.2, 0.25) is 5.91 Å². The molecule has 0 bridgehead atoms. The van der Waals surface area contributed by atoms with E-state index in [1.165, 1.54) is 70.0 Å². The molecule has 166 valence electrons. The first-order valence-electron chi connectivity index (χ1n) is 12.3. The molecule has 1 saturated carbocycles. The number of hydrogen-bond donors (Lipinski definition) is 1. The number of carbonyl (C=O) groups is 1. The highest BCUT2D eigenvalue weighted by atomic mass is 16.5. The lowest BCUT2D eigenvalue weighted by atomic mass is 9.95. The second kappa shape index (κ2) is 11.1. The molecular weight excluding hydrogens is 374 g/mol. The molecule has 1 aromatic rings. The van der Waals surface area contributed by atoms with Crippen LogP contribution in [0.5, 0.6) is 5.75 Å². The van der Waals surface area contributed by atoms with Gasteiger partial charge in [0.15, 0.2) is 0 Å². The summed E-state index contributed by atoms with van der Waals surface area (Å²) in [6, 6.07) is 6.94. The number of carbonyl (C=O) groups excluding carboxylic acids is 1. The number of likely N-dealkylation sites (tertiary alicyclic amines) is 1. The average Bonchev–Trinajstić information content (AvgIpc) is 3.23. The van der Waals surface area contributed by atoms with Crippen LogP contribution in [0.4, 0.5) is 5.69 Å². The molecule has 2 aliphatic heterocycles. The van der Waals surface area contributed by atoms with E-state index in [-0.39, 0.29) is 5.91 Å². The molecule has 3 fully saturated rings. The Morgan fingerprint density at radius 1 is 0.967 bits per heavy atom. The Balaban J connectivity index is 1.36. The van der Waals surface area contributed by atoms with E-state index in [1.54, 1.807) is 0 Å². The maximum Gasteiger partial charge on any atom is 0.227 e. The van der Waals surface area contributed by atoms with Crippen molar-refractivity contribution in [2.45, 2.75) is 83.2 Å². The third-order valence-corrected chi connectivity index (χ3v) is 6.94. The molecular formula is C25H39N3O2. The van der Waals surface area contributed by atoms with Crippen LogP contribution in [0.3, 0.4) is 0 Å². The Morgan fingerprint density at radius 2 is 1.77 bits per heavy atom. The third-order valence-electron chi connectivity index (χ3n) is 6.94. The van der Waals surface area contributed by atoms with Crippen LogP contribution in [0.15, 0.2) is 18.2 Å². The summed E-state index contributed by atoms with van der Waals surface area (Å²) in [5, 5.41) is 3.76. The number of amides is 1. The minimum atomic E-state index is 0.247. The van der Waals surface area contributed by atoms with Crippen molar-refractivity contribution >= 4 is 11.6 Å². The van der Waals surface area contributed by atoms with Crippen LogP contribution in [0.2, 0.25) is 0 Å². The van der Waals surface area contributed by atoms with E-state index in [2.05, 4.69) is 28.4 Å². The SMILES string of the molecule is O=C1CCCN1c1ccc(OCCCN2CCCCC2)c(CNC2CCCCC2)c1. The van der Waals surface area contributed by atoms with E-state index in [4.69, 9.17) is 4.74 Å². The molecule has 1 N–H and O–H groups in total. The first kappa shape index (κ1) is 21.6. The van der Waals surface area contributed by atoms with Gasteiger partial charge < -0.3 is 19.9 Å². The highest BCUT2D eigenvalue weighted by Crippen LogP contribution is 2.29. The predicted molar refractivity (Wildman–Crippen MR) is 122 cm³/mol. The van der Waals surface area contributed by atoms with Crippen molar-refractivity contribution in [1.29, 1.82) is 0 Å². The monoisotopic (exact) mass is 413 g/mol. The van der Waals surface area contributed by atoms with Gasteiger partial charge in [-0.1, -0.05) is 25.7 Å². The van der Waals surface area contributed by atoms with Crippen molar-refractivity contribution in [2.24, 2.45) is 0 Å². The highest BCUT2D eigenvalue weighted by molar-refractivity contribution is 5.95. The fourth-order valence-corrected chi connectivity index (χ4v) is 5.15. The Bertz CT molecular complexity index is 681. The number of rotatable bonds is 9. The van der Waals surface area contributed by atoms with E-state index in [0.29, 0.717) is 12.5 Å². The van der Waals surface area contributed by atoms with E-state index < -0.39 is 0 Å². The van der Waals surface area contributed by atoms with Crippen LogP contribution < -0.4 is 15.0 Å². The Labute approximate surface area is 182 Å². The minimum Gasteiger partial charge on any atom is -0.493 e. The van der Waals surface area contributed by atoms with E-state index in [0.717, 1.165) is 50.5 Å². The summed E-state index contributed by atoms with van der Waals surface area (Å²) in [6.45, 7) is 6.04. The second-order valence-corrected chi connectivity index (χ2v) is 9.26. The van der Waals surface area contributed by atoms with E-state index in [1.807, 2.05) is 4.90 Å². The molecule has 2 saturated heterocycles. The van der Waals surface area contributed by atoms with Crippen LogP contribution in [-0.2, 0) is 11.3 Å². The van der Waals surface area contributed by atoms with E-state index >= 15 is 0 Å². The summed E-state index contributed by atoms with van der Waals surface area (Å²) in [7, 11) is 0. The van der Waals surface area contributed by atoms with Gasteiger partial charge in [0.05, 0.1) is 6.61 Å². The van der Waals surface area contributed by atoms with Crippen LogP contribution in [0, 0.1) is 0 Å². The fraction of sp³-hybridized carbons (Fsp3) is 0.720. The molecule has 0 radical (unpaired) electrons. The lowest BCUT2D eigenvalue weighted by Gasteiger charge is -2.26. The molecule has 5 heteroatoms. The largest absolute Gasteiger partial charge is 0.493 e. The quantitative estimate of drug-likeness (QED) is 0.606. The maximum atomic E-state index is 12.2. The molecule has 0 unspecified atom stereocenters. The number of piperidine rings is 1. The van der Waals surface area contributed by atoms with Crippen LogP contribution in [0.25, 0.3) is 0 Å². The molecule has 1 amide bonds. The second-order valence-electron chi connectivity index (χ2n) is 9.26. The van der Waals surface area contributed by atoms with E-state index in [9.17, 15) is 4.79 Å². The van der Waals surface area contributed by atoms with Crippen LogP contribution in [-0.4, -0.2) is 49.6 Å². The molecule has 0 spiro atoms. The minimum absolute atomic E-state index is 0.247. The van der Waals surface area contributed by atoms with Crippen molar-refractivity contribution in [2.75, 3.05) is 37.7 Å². The highest BCUT2D eigenvalue weighted by Gasteiger charge is 2.23. The van der Waals surface area contributed by atoms with Crippen molar-refractivity contribution < 1.29 is 9.53 Å². The summed E-state index contributed by atoms with van der Waals surface area (Å²) in [5.74, 6) is 1.23.